The van der Waals surface area contributed by atoms with Crippen LogP contribution in [0.1, 0.15) is 10.4 Å². The number of methoxy groups -OCH3 is 1. The summed E-state index contributed by atoms with van der Waals surface area (Å²) in [5.41, 5.74) is 1.69. The molecule has 5 nitrogen and oxygen atoms in total. The van der Waals surface area contributed by atoms with Crippen molar-refractivity contribution in [3.8, 4) is 11.4 Å². The first-order valence-electron chi connectivity index (χ1n) is 9.32. The summed E-state index contributed by atoms with van der Waals surface area (Å²) in [6, 6.07) is 21.8. The largest absolute Gasteiger partial charge is 0.497 e. The minimum absolute atomic E-state index is 0.182. The molecule has 4 rings (SSSR count). The Bertz CT molecular complexity index is 1280. The molecule has 0 radical (unpaired) electrons. The Hall–Kier alpha value is -3.38. The van der Waals surface area contributed by atoms with Crippen molar-refractivity contribution in [1.29, 1.82) is 0 Å². The first-order valence-corrected chi connectivity index (χ1v) is 10.1. The van der Waals surface area contributed by atoms with Gasteiger partial charge in [0, 0.05) is 39.9 Å². The van der Waals surface area contributed by atoms with E-state index in [9.17, 15) is 9.59 Å². The molecule has 0 aliphatic carbocycles. The topological polar surface area (TPSA) is 51.5 Å². The van der Waals surface area contributed by atoms with E-state index < -0.39 is 0 Å². The van der Waals surface area contributed by atoms with Gasteiger partial charge >= 0.3 is 0 Å². The summed E-state index contributed by atoms with van der Waals surface area (Å²) in [6.07, 6.45) is 1.62. The van der Waals surface area contributed by atoms with Crippen LogP contribution in [0.3, 0.4) is 0 Å². The Morgan fingerprint density at radius 1 is 0.933 bits per heavy atom. The molecule has 0 spiro atoms. The molecule has 0 atom stereocenters. The van der Waals surface area contributed by atoms with Crippen molar-refractivity contribution in [3.63, 3.8) is 0 Å². The van der Waals surface area contributed by atoms with Gasteiger partial charge in [-0.2, -0.15) is 0 Å². The predicted octanol–water partition coefficient (Wildman–Crippen LogP) is 5.04. The number of carbonyl (C=O) groups is 1. The second-order valence-corrected chi connectivity index (χ2v) is 7.72. The van der Waals surface area contributed by atoms with E-state index in [2.05, 4.69) is 15.9 Å². The van der Waals surface area contributed by atoms with E-state index in [0.717, 1.165) is 10.2 Å². The molecule has 150 valence electrons. The number of hydrogen-bond donors (Lipinski definition) is 0. The molecule has 0 N–H and O–H groups in total. The van der Waals surface area contributed by atoms with Gasteiger partial charge in [0.05, 0.1) is 12.7 Å². The zero-order chi connectivity index (χ0) is 21.3. The first kappa shape index (κ1) is 19.9. The Morgan fingerprint density at radius 2 is 1.57 bits per heavy atom. The zero-order valence-electron chi connectivity index (χ0n) is 16.5. The van der Waals surface area contributed by atoms with Crippen LogP contribution in [-0.2, 0) is 0 Å². The molecule has 1 aromatic heterocycles. The highest BCUT2D eigenvalue weighted by molar-refractivity contribution is 9.10. The summed E-state index contributed by atoms with van der Waals surface area (Å²) < 4.78 is 7.64. The van der Waals surface area contributed by atoms with Crippen LogP contribution in [0.15, 0.2) is 88.3 Å². The average Bonchev–Trinajstić information content (AvgIpc) is 2.79. The highest BCUT2D eigenvalue weighted by atomic mass is 79.9. The van der Waals surface area contributed by atoms with Crippen molar-refractivity contribution in [1.82, 2.24) is 4.57 Å². The third-order valence-electron chi connectivity index (χ3n) is 5.02. The monoisotopic (exact) mass is 462 g/mol. The van der Waals surface area contributed by atoms with Crippen LogP contribution in [0.5, 0.6) is 5.75 Å². The molecule has 0 saturated heterocycles. The van der Waals surface area contributed by atoms with Crippen molar-refractivity contribution >= 4 is 38.3 Å². The maximum absolute atomic E-state index is 13.4. The van der Waals surface area contributed by atoms with Crippen molar-refractivity contribution < 1.29 is 9.53 Å². The van der Waals surface area contributed by atoms with Crippen LogP contribution in [-0.4, -0.2) is 24.6 Å². The van der Waals surface area contributed by atoms with Crippen LogP contribution in [0.4, 0.5) is 5.69 Å². The van der Waals surface area contributed by atoms with E-state index in [4.69, 9.17) is 4.74 Å². The fraction of sp³-hybridized carbons (Fsp3) is 0.0833. The Morgan fingerprint density at radius 3 is 2.20 bits per heavy atom. The molecular weight excluding hydrogens is 444 g/mol. The van der Waals surface area contributed by atoms with Gasteiger partial charge in [0.15, 0.2) is 0 Å². The third kappa shape index (κ3) is 3.62. The highest BCUT2D eigenvalue weighted by Gasteiger charge is 2.19. The number of nitrogens with zero attached hydrogens (tertiary/aromatic N) is 2. The minimum atomic E-state index is -0.198. The van der Waals surface area contributed by atoms with Crippen LogP contribution >= 0.6 is 15.9 Å². The molecule has 0 aliphatic rings. The van der Waals surface area contributed by atoms with E-state index in [0.29, 0.717) is 27.8 Å². The molecule has 0 fully saturated rings. The second-order valence-electron chi connectivity index (χ2n) is 6.80. The number of rotatable bonds is 4. The molecule has 30 heavy (non-hydrogen) atoms. The molecule has 0 bridgehead atoms. The van der Waals surface area contributed by atoms with E-state index in [-0.39, 0.29) is 11.5 Å². The van der Waals surface area contributed by atoms with Crippen molar-refractivity contribution in [2.75, 3.05) is 19.1 Å². The predicted molar refractivity (Wildman–Crippen MR) is 123 cm³/mol. The standard InChI is InChI=1S/C24H19BrN2O3/c1-26(17-9-7-16(25)8-10-17)23(28)22-15-27(18-11-13-19(30-2)14-12-18)24(29)21-6-4-3-5-20(21)22/h3-15H,1-2H3. The summed E-state index contributed by atoms with van der Waals surface area (Å²) in [7, 11) is 3.31. The molecule has 4 aromatic rings. The SMILES string of the molecule is COc1ccc(-n2cc(C(=O)N(C)c3ccc(Br)cc3)c3ccccc3c2=O)cc1. The number of ether oxygens (including phenoxy) is 1. The van der Waals surface area contributed by atoms with E-state index in [1.807, 2.05) is 30.3 Å². The number of anilines is 1. The maximum atomic E-state index is 13.4. The molecule has 0 unspecified atom stereocenters. The minimum Gasteiger partial charge on any atom is -0.497 e. The fourth-order valence-electron chi connectivity index (χ4n) is 3.36. The first-order chi connectivity index (χ1) is 14.5. The average molecular weight is 463 g/mol. The van der Waals surface area contributed by atoms with Gasteiger partial charge < -0.3 is 9.64 Å². The Balaban J connectivity index is 1.88. The quantitative estimate of drug-likeness (QED) is 0.426. The van der Waals surface area contributed by atoms with Gasteiger partial charge in [0.25, 0.3) is 11.5 Å². The van der Waals surface area contributed by atoms with Crippen LogP contribution in [0.25, 0.3) is 16.5 Å². The number of pyridine rings is 1. The number of hydrogen-bond acceptors (Lipinski definition) is 3. The normalized spacial score (nSPS) is 10.8. The lowest BCUT2D eigenvalue weighted by atomic mass is 10.1. The van der Waals surface area contributed by atoms with E-state index >= 15 is 0 Å². The van der Waals surface area contributed by atoms with Crippen LogP contribution in [0, 0.1) is 0 Å². The summed E-state index contributed by atoms with van der Waals surface area (Å²) in [5, 5.41) is 1.12. The fourth-order valence-corrected chi connectivity index (χ4v) is 3.62. The van der Waals surface area contributed by atoms with Gasteiger partial charge in [-0.15, -0.1) is 0 Å². The molecular formula is C24H19BrN2O3. The van der Waals surface area contributed by atoms with Crippen molar-refractivity contribution in [2.24, 2.45) is 0 Å². The molecule has 0 aliphatic heterocycles. The third-order valence-corrected chi connectivity index (χ3v) is 5.55. The van der Waals surface area contributed by atoms with Crippen LogP contribution in [0.2, 0.25) is 0 Å². The van der Waals surface area contributed by atoms with Gasteiger partial charge in [0.1, 0.15) is 5.75 Å². The lowest BCUT2D eigenvalue weighted by molar-refractivity contribution is 0.0994. The molecule has 1 heterocycles. The van der Waals surface area contributed by atoms with Gasteiger partial charge in [-0.25, -0.2) is 0 Å². The molecule has 0 saturated carbocycles. The lowest BCUT2D eigenvalue weighted by Gasteiger charge is -2.20. The summed E-state index contributed by atoms with van der Waals surface area (Å²) in [6.45, 7) is 0. The summed E-state index contributed by atoms with van der Waals surface area (Å²) >= 11 is 3.41. The second kappa shape index (κ2) is 8.16. The van der Waals surface area contributed by atoms with Crippen LogP contribution < -0.4 is 15.2 Å². The summed E-state index contributed by atoms with van der Waals surface area (Å²) in [4.78, 5) is 28.1. The number of amides is 1. The number of halogens is 1. The molecule has 1 amide bonds. The summed E-state index contributed by atoms with van der Waals surface area (Å²) in [5.74, 6) is 0.495. The maximum Gasteiger partial charge on any atom is 0.262 e. The molecule has 6 heteroatoms. The van der Waals surface area contributed by atoms with Crippen molar-refractivity contribution in [3.05, 3.63) is 99.4 Å². The van der Waals surface area contributed by atoms with Gasteiger partial charge in [-0.3, -0.25) is 14.2 Å². The smallest absolute Gasteiger partial charge is 0.262 e. The Kier molecular flexibility index (Phi) is 5.42. The Labute approximate surface area is 182 Å². The number of fused-ring (bicyclic) bond motifs is 1. The van der Waals surface area contributed by atoms with Crippen molar-refractivity contribution in [2.45, 2.75) is 0 Å². The van der Waals surface area contributed by atoms with Gasteiger partial charge in [-0.05, 0) is 54.6 Å². The highest BCUT2D eigenvalue weighted by Crippen LogP contribution is 2.23. The van der Waals surface area contributed by atoms with Gasteiger partial charge in [0.2, 0.25) is 0 Å². The zero-order valence-corrected chi connectivity index (χ0v) is 18.1. The number of benzene rings is 3. The number of carbonyl (C=O) groups excluding carboxylic acids is 1. The lowest BCUT2D eigenvalue weighted by Crippen LogP contribution is -2.29. The van der Waals surface area contributed by atoms with Gasteiger partial charge in [-0.1, -0.05) is 34.1 Å². The number of aromatic nitrogens is 1. The van der Waals surface area contributed by atoms with E-state index in [1.54, 1.807) is 67.7 Å². The molecule has 3 aromatic carbocycles. The van der Waals surface area contributed by atoms with E-state index in [1.165, 1.54) is 4.57 Å².